The number of allylic oxidation sites excluding steroid dienone is 1. The molecule has 1 N–H and O–H groups in total. The number of halogens is 2. The molecular weight excluding hydrogens is 372 g/mol. The Hall–Kier alpha value is 0.180. The zero-order valence-electron chi connectivity index (χ0n) is 11.1. The van der Waals surface area contributed by atoms with E-state index in [-0.39, 0.29) is 12.2 Å². The van der Waals surface area contributed by atoms with E-state index in [0.717, 1.165) is 19.3 Å². The second-order valence-electron chi connectivity index (χ2n) is 5.31. The predicted octanol–water partition coefficient (Wildman–Crippen LogP) is 3.33. The molecule has 2 saturated heterocycles. The molecule has 0 aromatic carbocycles. The molecule has 2 rings (SSSR count). The van der Waals surface area contributed by atoms with Gasteiger partial charge >= 0.3 is 0 Å². The van der Waals surface area contributed by atoms with Crippen molar-refractivity contribution < 1.29 is 9.47 Å². The van der Waals surface area contributed by atoms with Crippen LogP contribution in [0.4, 0.5) is 0 Å². The average molecular weight is 393 g/mol. The van der Waals surface area contributed by atoms with Crippen LogP contribution in [0.5, 0.6) is 0 Å². The van der Waals surface area contributed by atoms with Gasteiger partial charge in [0.2, 0.25) is 0 Å². The summed E-state index contributed by atoms with van der Waals surface area (Å²) in [7, 11) is 0. The highest BCUT2D eigenvalue weighted by molar-refractivity contribution is 9.09. The molecule has 0 aromatic heterocycles. The maximum Gasteiger partial charge on any atom is 0.184 e. The first-order valence-corrected chi connectivity index (χ1v) is 8.71. The van der Waals surface area contributed by atoms with Crippen molar-refractivity contribution in [3.63, 3.8) is 0 Å². The molecule has 0 amide bonds. The second-order valence-corrected chi connectivity index (χ2v) is 7.66. The first kappa shape index (κ1) is 15.6. The fraction of sp³-hybridized carbons (Fsp3) is 0.733. The molecule has 2 fully saturated rings. The number of alkyl halides is 2. The molecule has 2 aliphatic heterocycles. The Kier molecular flexibility index (Phi) is 5.54. The molecule has 2 nitrogen and oxygen atoms in total. The molecular formula is C15H21Br2O2+. The predicted molar refractivity (Wildman–Crippen MR) is 86.0 cm³/mol. The molecule has 0 bridgehead atoms. The van der Waals surface area contributed by atoms with Crippen molar-refractivity contribution in [1.82, 2.24) is 0 Å². The molecule has 0 radical (unpaired) electrons. The lowest BCUT2D eigenvalue weighted by atomic mass is 10.0. The van der Waals surface area contributed by atoms with Crippen LogP contribution in [0.1, 0.15) is 32.6 Å². The molecule has 6 atom stereocenters. The third-order valence-electron chi connectivity index (χ3n) is 4.19. The van der Waals surface area contributed by atoms with E-state index in [9.17, 15) is 5.11 Å². The Morgan fingerprint density at radius 2 is 2.16 bits per heavy atom. The molecule has 0 unspecified atom stereocenters. The van der Waals surface area contributed by atoms with E-state index in [1.807, 2.05) is 6.08 Å². The first-order valence-electron chi connectivity index (χ1n) is 6.88. The summed E-state index contributed by atoms with van der Waals surface area (Å²) in [5, 5.41) is 10.4. The minimum absolute atomic E-state index is 0.157. The molecule has 0 spiro atoms. The van der Waals surface area contributed by atoms with Crippen LogP contribution in [-0.2, 0) is 4.37 Å². The third-order valence-corrected chi connectivity index (χ3v) is 6.12. The van der Waals surface area contributed by atoms with Gasteiger partial charge in [0, 0.05) is 19.3 Å². The summed E-state index contributed by atoms with van der Waals surface area (Å²) in [5.41, 5.74) is 0. The quantitative estimate of drug-likeness (QED) is 0.442. The minimum atomic E-state index is -0.369. The summed E-state index contributed by atoms with van der Waals surface area (Å²) in [6.45, 7) is 2.21. The van der Waals surface area contributed by atoms with Crippen molar-refractivity contribution in [2.24, 2.45) is 0 Å². The summed E-state index contributed by atoms with van der Waals surface area (Å²) in [6, 6.07) is 0. The summed E-state index contributed by atoms with van der Waals surface area (Å²) in [4.78, 5) is 0.953. The lowest BCUT2D eigenvalue weighted by Crippen LogP contribution is -2.39. The van der Waals surface area contributed by atoms with Gasteiger partial charge < -0.3 is 9.47 Å². The van der Waals surface area contributed by atoms with Crippen LogP contribution < -0.4 is 0 Å². The highest BCUT2D eigenvalue weighted by Gasteiger charge is 2.58. The van der Waals surface area contributed by atoms with Crippen molar-refractivity contribution in [3.8, 4) is 12.3 Å². The maximum absolute atomic E-state index is 10.4. The standard InChI is InChI=1S/C15H21Br2O2/c1-3-5-6-7-12(18)15-9-11(17)14-8-10(16)13(4-2)19(14)15/h1,5-6,10-15,18H,4,7-9H2,2H3/q+1/b6-5+/t10-,11-,12+,13+,14-,15+/m0/s1. The zero-order valence-corrected chi connectivity index (χ0v) is 14.3. The van der Waals surface area contributed by atoms with Gasteiger partial charge in [0.15, 0.2) is 18.3 Å². The Morgan fingerprint density at radius 1 is 1.42 bits per heavy atom. The molecule has 2 aliphatic rings. The van der Waals surface area contributed by atoms with Crippen molar-refractivity contribution in [3.05, 3.63) is 12.2 Å². The first-order chi connectivity index (χ1) is 9.10. The Balaban J connectivity index is 2.09. The van der Waals surface area contributed by atoms with E-state index < -0.39 is 0 Å². The van der Waals surface area contributed by atoms with Crippen LogP contribution in [-0.4, -0.2) is 39.2 Å². The van der Waals surface area contributed by atoms with Gasteiger partial charge in [-0.25, -0.2) is 0 Å². The number of aliphatic hydroxyl groups is 1. The number of aliphatic hydroxyl groups excluding tert-OH is 1. The molecule has 0 aromatic rings. The molecule has 19 heavy (non-hydrogen) atoms. The lowest BCUT2D eigenvalue weighted by Gasteiger charge is -2.30. The number of rotatable bonds is 4. The van der Waals surface area contributed by atoms with Gasteiger partial charge in [-0.2, -0.15) is 0 Å². The van der Waals surface area contributed by atoms with Crippen molar-refractivity contribution in [2.45, 2.75) is 66.7 Å². The van der Waals surface area contributed by atoms with Gasteiger partial charge in [0.1, 0.15) is 6.10 Å². The van der Waals surface area contributed by atoms with Crippen LogP contribution in [0.15, 0.2) is 12.2 Å². The third kappa shape index (κ3) is 3.10. The van der Waals surface area contributed by atoms with Gasteiger partial charge in [-0.15, -0.1) is 6.42 Å². The van der Waals surface area contributed by atoms with Crippen molar-refractivity contribution >= 4 is 31.9 Å². The zero-order chi connectivity index (χ0) is 14.0. The number of hydrogen-bond donors (Lipinski definition) is 1. The van der Waals surface area contributed by atoms with Gasteiger partial charge in [-0.3, -0.25) is 0 Å². The lowest BCUT2D eigenvalue weighted by molar-refractivity contribution is -0.239. The van der Waals surface area contributed by atoms with Crippen LogP contribution in [0.2, 0.25) is 0 Å². The minimum Gasteiger partial charge on any atom is -0.412 e. The topological polar surface area (TPSA) is 22.9 Å². The van der Waals surface area contributed by atoms with Gasteiger partial charge in [-0.1, -0.05) is 50.8 Å². The summed E-state index contributed by atoms with van der Waals surface area (Å²) >= 11 is 7.56. The van der Waals surface area contributed by atoms with Crippen molar-refractivity contribution in [2.75, 3.05) is 0 Å². The maximum atomic E-state index is 10.4. The Bertz CT molecular complexity index is 375. The summed E-state index contributed by atoms with van der Waals surface area (Å²) in [6.07, 6.45) is 13.2. The molecule has 0 saturated carbocycles. The normalized spacial score (nSPS) is 40.5. The Labute approximate surface area is 132 Å². The number of terminal acetylenes is 1. The van der Waals surface area contributed by atoms with E-state index in [4.69, 9.17) is 6.42 Å². The van der Waals surface area contributed by atoms with E-state index >= 15 is 0 Å². The molecule has 4 heteroatoms. The Morgan fingerprint density at radius 3 is 2.79 bits per heavy atom. The summed E-state index contributed by atoms with van der Waals surface area (Å²) < 4.78 is 3.48. The SMILES string of the molecule is C#C/C=C/C[C@@H](O)[C@H]1C[C@H](Br)[C@@H]2C[C@H](Br)[C@@H](CC)[O+]12. The van der Waals surface area contributed by atoms with Crippen LogP contribution >= 0.6 is 31.9 Å². The van der Waals surface area contributed by atoms with E-state index in [2.05, 4.69) is 49.1 Å². The van der Waals surface area contributed by atoms with Crippen LogP contribution in [0, 0.1) is 12.3 Å². The summed E-state index contributed by atoms with van der Waals surface area (Å²) in [5.74, 6) is 2.47. The van der Waals surface area contributed by atoms with E-state index in [1.165, 1.54) is 0 Å². The van der Waals surface area contributed by atoms with E-state index in [1.54, 1.807) is 6.08 Å². The second kappa shape index (κ2) is 6.76. The van der Waals surface area contributed by atoms with Gasteiger partial charge in [-0.05, 0) is 12.5 Å². The van der Waals surface area contributed by atoms with Crippen LogP contribution in [0.25, 0.3) is 0 Å². The smallest absolute Gasteiger partial charge is 0.184 e. The van der Waals surface area contributed by atoms with Gasteiger partial charge in [0.05, 0.1) is 9.65 Å². The highest BCUT2D eigenvalue weighted by Crippen LogP contribution is 2.48. The van der Waals surface area contributed by atoms with Crippen LogP contribution in [0.3, 0.4) is 0 Å². The monoisotopic (exact) mass is 391 g/mol. The fourth-order valence-electron chi connectivity index (χ4n) is 3.35. The largest absolute Gasteiger partial charge is 0.412 e. The molecule has 106 valence electrons. The molecule has 0 aliphatic carbocycles. The average Bonchev–Trinajstić information content (AvgIpc) is 2.87. The van der Waals surface area contributed by atoms with E-state index in [0.29, 0.717) is 28.3 Å². The van der Waals surface area contributed by atoms with Crippen molar-refractivity contribution in [1.29, 1.82) is 0 Å². The number of fused-ring (bicyclic) bond motifs is 1. The van der Waals surface area contributed by atoms with Gasteiger partial charge in [0.25, 0.3) is 0 Å². The molecule has 2 heterocycles. The highest BCUT2D eigenvalue weighted by atomic mass is 79.9. The fourth-order valence-corrected chi connectivity index (χ4v) is 5.17. The number of hydrogen-bond acceptors (Lipinski definition) is 1.